The zero-order valence-corrected chi connectivity index (χ0v) is 14.3. The van der Waals surface area contributed by atoms with Gasteiger partial charge in [-0.15, -0.1) is 0 Å². The third-order valence-corrected chi connectivity index (χ3v) is 4.88. The van der Waals surface area contributed by atoms with Crippen LogP contribution in [0, 0.1) is 5.92 Å². The summed E-state index contributed by atoms with van der Waals surface area (Å²) >= 11 is 0. The van der Waals surface area contributed by atoms with Crippen LogP contribution >= 0.6 is 0 Å². The van der Waals surface area contributed by atoms with Crippen molar-refractivity contribution in [2.45, 2.75) is 52.0 Å². The zero-order chi connectivity index (χ0) is 17.7. The molecule has 2 rings (SSSR count). The largest absolute Gasteiger partial charge is 0.481 e. The van der Waals surface area contributed by atoms with Crippen LogP contribution in [0.25, 0.3) is 0 Å². The number of aryl methyl sites for hydroxylation is 1. The summed E-state index contributed by atoms with van der Waals surface area (Å²) in [6.07, 6.45) is 2.50. The van der Waals surface area contributed by atoms with Gasteiger partial charge in [0.2, 0.25) is 5.91 Å². The fourth-order valence-electron chi connectivity index (χ4n) is 3.26. The zero-order valence-electron chi connectivity index (χ0n) is 14.3. The molecule has 24 heavy (non-hydrogen) atoms. The Labute approximate surface area is 142 Å². The van der Waals surface area contributed by atoms with Crippen LogP contribution in [-0.2, 0) is 16.0 Å². The fraction of sp³-hybridized carbons (Fsp3) is 0.526. The Bertz CT molecular complexity index is 608. The first-order chi connectivity index (χ1) is 11.4. The predicted molar refractivity (Wildman–Crippen MR) is 90.9 cm³/mol. The highest BCUT2D eigenvalue weighted by molar-refractivity contribution is 5.98. The van der Waals surface area contributed by atoms with Crippen LogP contribution in [0.5, 0.6) is 0 Å². The number of ketones is 1. The maximum Gasteiger partial charge on any atom is 0.308 e. The van der Waals surface area contributed by atoms with E-state index in [1.807, 2.05) is 12.1 Å². The highest BCUT2D eigenvalue weighted by atomic mass is 16.4. The van der Waals surface area contributed by atoms with Crippen molar-refractivity contribution in [1.82, 2.24) is 4.90 Å². The van der Waals surface area contributed by atoms with E-state index in [1.54, 1.807) is 24.0 Å². The van der Waals surface area contributed by atoms with E-state index in [0.717, 1.165) is 6.42 Å². The van der Waals surface area contributed by atoms with Crippen molar-refractivity contribution in [1.29, 1.82) is 0 Å². The second-order valence-electron chi connectivity index (χ2n) is 6.39. The van der Waals surface area contributed by atoms with E-state index in [1.165, 1.54) is 5.56 Å². The molecule has 1 aliphatic rings. The van der Waals surface area contributed by atoms with Crippen LogP contribution in [0.3, 0.4) is 0 Å². The first-order valence-electron chi connectivity index (χ1n) is 8.58. The van der Waals surface area contributed by atoms with Gasteiger partial charge in [-0.25, -0.2) is 0 Å². The van der Waals surface area contributed by atoms with E-state index >= 15 is 0 Å². The van der Waals surface area contributed by atoms with Gasteiger partial charge < -0.3 is 10.0 Å². The molecular weight excluding hydrogens is 306 g/mol. The smallest absolute Gasteiger partial charge is 0.308 e. The van der Waals surface area contributed by atoms with E-state index < -0.39 is 11.9 Å². The highest BCUT2D eigenvalue weighted by Crippen LogP contribution is 2.24. The van der Waals surface area contributed by atoms with Gasteiger partial charge in [-0.3, -0.25) is 14.4 Å². The van der Waals surface area contributed by atoms with Gasteiger partial charge in [-0.05, 0) is 31.7 Å². The number of carbonyl (C=O) groups is 3. The third kappa shape index (κ3) is 4.22. The van der Waals surface area contributed by atoms with Crippen molar-refractivity contribution in [3.05, 3.63) is 35.4 Å². The number of aliphatic carboxylic acids is 1. The fourth-order valence-corrected chi connectivity index (χ4v) is 3.26. The normalized spacial score (nSPS) is 20.7. The molecule has 0 saturated carbocycles. The Morgan fingerprint density at radius 3 is 2.42 bits per heavy atom. The van der Waals surface area contributed by atoms with Gasteiger partial charge in [0.25, 0.3) is 0 Å². The van der Waals surface area contributed by atoms with Crippen molar-refractivity contribution in [3.8, 4) is 0 Å². The molecule has 1 aromatic rings. The quantitative estimate of drug-likeness (QED) is 0.813. The molecule has 1 heterocycles. The molecule has 0 aliphatic carbocycles. The molecule has 1 saturated heterocycles. The van der Waals surface area contributed by atoms with Gasteiger partial charge >= 0.3 is 5.97 Å². The lowest BCUT2D eigenvalue weighted by Crippen LogP contribution is -2.49. The lowest BCUT2D eigenvalue weighted by atomic mass is 9.90. The Balaban J connectivity index is 1.91. The summed E-state index contributed by atoms with van der Waals surface area (Å²) in [7, 11) is 0. The molecule has 1 N–H and O–H groups in total. The van der Waals surface area contributed by atoms with E-state index in [4.69, 9.17) is 0 Å². The first kappa shape index (κ1) is 18.2. The number of carboxylic acid groups (broad SMARTS) is 1. The third-order valence-electron chi connectivity index (χ3n) is 4.88. The number of nitrogens with zero attached hydrogens (tertiary/aromatic N) is 1. The molecule has 2 atom stereocenters. The van der Waals surface area contributed by atoms with E-state index in [0.29, 0.717) is 24.9 Å². The van der Waals surface area contributed by atoms with Crippen LogP contribution in [-0.4, -0.2) is 40.3 Å². The summed E-state index contributed by atoms with van der Waals surface area (Å²) in [5.41, 5.74) is 1.79. The standard InChI is InChI=1S/C19H25NO4/c1-3-14-6-8-15(9-7-14)17(21)10-11-18(22)20-12-4-5-16(13(20)2)19(23)24/h6-9,13,16H,3-5,10-12H2,1-2H3,(H,23,24)/t13-,16-/m0/s1. The van der Waals surface area contributed by atoms with E-state index in [2.05, 4.69) is 6.92 Å². The minimum Gasteiger partial charge on any atom is -0.481 e. The Morgan fingerprint density at radius 2 is 1.83 bits per heavy atom. The van der Waals surface area contributed by atoms with Gasteiger partial charge in [0.15, 0.2) is 5.78 Å². The Morgan fingerprint density at radius 1 is 1.17 bits per heavy atom. The summed E-state index contributed by atoms with van der Waals surface area (Å²) in [5.74, 6) is -1.55. The van der Waals surface area contributed by atoms with Crippen LogP contribution in [0.1, 0.15) is 55.5 Å². The molecule has 5 heteroatoms. The topological polar surface area (TPSA) is 74.7 Å². The lowest BCUT2D eigenvalue weighted by molar-refractivity contribution is -0.149. The van der Waals surface area contributed by atoms with Crippen molar-refractivity contribution < 1.29 is 19.5 Å². The maximum absolute atomic E-state index is 12.4. The SMILES string of the molecule is CCc1ccc(C(=O)CCC(=O)N2CCC[C@H](C(=O)O)[C@@H]2C)cc1. The number of piperidine rings is 1. The molecule has 0 aromatic heterocycles. The lowest BCUT2D eigenvalue weighted by Gasteiger charge is -2.37. The summed E-state index contributed by atoms with van der Waals surface area (Å²) in [6.45, 7) is 4.41. The van der Waals surface area contributed by atoms with Crippen LogP contribution < -0.4 is 0 Å². The molecule has 0 spiro atoms. The first-order valence-corrected chi connectivity index (χ1v) is 8.58. The monoisotopic (exact) mass is 331 g/mol. The number of rotatable bonds is 6. The van der Waals surface area contributed by atoms with Gasteiger partial charge in [0.05, 0.1) is 5.92 Å². The molecule has 0 bridgehead atoms. The Hall–Kier alpha value is -2.17. The van der Waals surface area contributed by atoms with Crippen molar-refractivity contribution in [2.75, 3.05) is 6.54 Å². The van der Waals surface area contributed by atoms with Gasteiger partial charge in [-0.1, -0.05) is 31.2 Å². The minimum atomic E-state index is -0.855. The minimum absolute atomic E-state index is 0.0505. The van der Waals surface area contributed by atoms with Crippen LogP contribution in [0.4, 0.5) is 0 Å². The molecule has 5 nitrogen and oxygen atoms in total. The average molecular weight is 331 g/mol. The maximum atomic E-state index is 12.4. The van der Waals surface area contributed by atoms with E-state index in [9.17, 15) is 19.5 Å². The van der Waals surface area contributed by atoms with Crippen LogP contribution in [0.2, 0.25) is 0 Å². The number of hydrogen-bond donors (Lipinski definition) is 1. The highest BCUT2D eigenvalue weighted by Gasteiger charge is 2.35. The number of benzene rings is 1. The molecule has 0 radical (unpaired) electrons. The molecule has 1 aromatic carbocycles. The van der Waals surface area contributed by atoms with Gasteiger partial charge in [0.1, 0.15) is 0 Å². The number of Topliss-reactive ketones (excluding diaryl/α,β-unsaturated/α-hetero) is 1. The summed E-state index contributed by atoms with van der Waals surface area (Å²) in [5, 5.41) is 9.23. The molecular formula is C19H25NO4. The number of hydrogen-bond acceptors (Lipinski definition) is 3. The second-order valence-corrected chi connectivity index (χ2v) is 6.39. The molecule has 0 unspecified atom stereocenters. The summed E-state index contributed by atoms with van der Waals surface area (Å²) < 4.78 is 0. The van der Waals surface area contributed by atoms with E-state index in [-0.39, 0.29) is 30.6 Å². The van der Waals surface area contributed by atoms with Crippen molar-refractivity contribution in [2.24, 2.45) is 5.92 Å². The molecule has 1 amide bonds. The average Bonchev–Trinajstić information content (AvgIpc) is 2.59. The number of carboxylic acids is 1. The van der Waals surface area contributed by atoms with Crippen LogP contribution in [0.15, 0.2) is 24.3 Å². The predicted octanol–water partition coefficient (Wildman–Crippen LogP) is 2.92. The number of carbonyl (C=O) groups excluding carboxylic acids is 2. The van der Waals surface area contributed by atoms with Crippen molar-refractivity contribution in [3.63, 3.8) is 0 Å². The summed E-state index contributed by atoms with van der Waals surface area (Å²) in [4.78, 5) is 37.5. The number of amides is 1. The molecule has 1 fully saturated rings. The molecule has 1 aliphatic heterocycles. The van der Waals surface area contributed by atoms with Gasteiger partial charge in [0, 0.05) is 31.0 Å². The summed E-state index contributed by atoms with van der Waals surface area (Å²) in [6, 6.07) is 7.15. The van der Waals surface area contributed by atoms with Crippen molar-refractivity contribution >= 4 is 17.7 Å². The van der Waals surface area contributed by atoms with Gasteiger partial charge in [-0.2, -0.15) is 0 Å². The second kappa shape index (κ2) is 8.08. The number of likely N-dealkylation sites (tertiary alicyclic amines) is 1. The molecule has 130 valence electrons. The Kier molecular flexibility index (Phi) is 6.12.